The Balaban J connectivity index is 1.82. The van der Waals surface area contributed by atoms with Crippen LogP contribution >= 0.6 is 11.3 Å². The van der Waals surface area contributed by atoms with E-state index in [0.29, 0.717) is 5.56 Å². The van der Waals surface area contributed by atoms with Gasteiger partial charge in [-0.1, -0.05) is 17.4 Å². The second-order valence-electron chi connectivity index (χ2n) is 5.61. The Hall–Kier alpha value is -2.27. The number of rotatable bonds is 4. The average Bonchev–Trinajstić information content (AvgIpc) is 2.94. The maximum absolute atomic E-state index is 13.0. The van der Waals surface area contributed by atoms with E-state index in [1.54, 1.807) is 6.92 Å². The van der Waals surface area contributed by atoms with Gasteiger partial charge < -0.3 is 5.32 Å². The normalized spacial score (nSPS) is 12.3. The quantitative estimate of drug-likeness (QED) is 0.704. The molecule has 1 heterocycles. The van der Waals surface area contributed by atoms with E-state index in [1.807, 2.05) is 13.0 Å². The predicted molar refractivity (Wildman–Crippen MR) is 92.9 cm³/mol. The van der Waals surface area contributed by atoms with E-state index in [-0.39, 0.29) is 11.6 Å². The van der Waals surface area contributed by atoms with E-state index in [4.69, 9.17) is 0 Å². The van der Waals surface area contributed by atoms with Crippen molar-refractivity contribution in [2.75, 3.05) is 5.32 Å². The molecule has 1 N–H and O–H groups in total. The van der Waals surface area contributed by atoms with Gasteiger partial charge in [0.2, 0.25) is 0 Å². The number of benzene rings is 2. The summed E-state index contributed by atoms with van der Waals surface area (Å²) in [4.78, 5) is 17.0. The van der Waals surface area contributed by atoms with Crippen molar-refractivity contribution in [2.45, 2.75) is 26.8 Å². The molecule has 3 rings (SSSR count). The van der Waals surface area contributed by atoms with Crippen molar-refractivity contribution in [2.24, 2.45) is 0 Å². The molecule has 0 spiro atoms. The van der Waals surface area contributed by atoms with Gasteiger partial charge in [-0.05, 0) is 62.2 Å². The van der Waals surface area contributed by atoms with Crippen molar-refractivity contribution < 1.29 is 9.18 Å². The largest absolute Gasteiger partial charge is 0.352 e. The Labute approximate surface area is 138 Å². The SMILES string of the molecule is Cc1ccc2sc(NC(C)C(=O)c3ccc(F)cc3)nc2c1C. The van der Waals surface area contributed by atoms with Crippen LogP contribution in [0.25, 0.3) is 10.2 Å². The molecule has 0 aliphatic rings. The van der Waals surface area contributed by atoms with E-state index in [2.05, 4.69) is 23.3 Å². The summed E-state index contributed by atoms with van der Waals surface area (Å²) in [6.07, 6.45) is 0. The third-order valence-electron chi connectivity index (χ3n) is 3.95. The highest BCUT2D eigenvalue weighted by Gasteiger charge is 2.17. The zero-order valence-electron chi connectivity index (χ0n) is 13.2. The third kappa shape index (κ3) is 3.10. The van der Waals surface area contributed by atoms with Crippen LogP contribution in [0.2, 0.25) is 0 Å². The van der Waals surface area contributed by atoms with Crippen molar-refractivity contribution >= 4 is 32.5 Å². The van der Waals surface area contributed by atoms with Crippen molar-refractivity contribution in [1.29, 1.82) is 0 Å². The fraction of sp³-hybridized carbons (Fsp3) is 0.222. The lowest BCUT2D eigenvalue weighted by atomic mass is 10.1. The van der Waals surface area contributed by atoms with Crippen LogP contribution < -0.4 is 5.32 Å². The maximum Gasteiger partial charge on any atom is 0.184 e. The minimum absolute atomic E-state index is 0.0860. The van der Waals surface area contributed by atoms with Gasteiger partial charge in [-0.3, -0.25) is 4.79 Å². The molecule has 0 bridgehead atoms. The van der Waals surface area contributed by atoms with Crippen LogP contribution in [0.15, 0.2) is 36.4 Å². The average molecular weight is 328 g/mol. The van der Waals surface area contributed by atoms with Gasteiger partial charge in [0, 0.05) is 5.56 Å². The molecular formula is C18H17FN2OS. The number of aryl methyl sites for hydroxylation is 2. The molecule has 118 valence electrons. The van der Waals surface area contributed by atoms with Crippen LogP contribution in [0.4, 0.5) is 9.52 Å². The number of thiazole rings is 1. The predicted octanol–water partition coefficient (Wildman–Crippen LogP) is 4.74. The fourth-order valence-electron chi connectivity index (χ4n) is 2.40. The molecule has 3 nitrogen and oxygen atoms in total. The summed E-state index contributed by atoms with van der Waals surface area (Å²) in [6.45, 7) is 5.89. The van der Waals surface area contributed by atoms with Crippen molar-refractivity contribution in [3.05, 3.63) is 58.9 Å². The highest BCUT2D eigenvalue weighted by atomic mass is 32.1. The molecular weight excluding hydrogens is 311 g/mol. The van der Waals surface area contributed by atoms with E-state index in [0.717, 1.165) is 20.9 Å². The number of hydrogen-bond acceptors (Lipinski definition) is 4. The van der Waals surface area contributed by atoms with Gasteiger partial charge >= 0.3 is 0 Å². The van der Waals surface area contributed by atoms with Crippen molar-refractivity contribution in [3.8, 4) is 0 Å². The summed E-state index contributed by atoms with van der Waals surface area (Å²) in [7, 11) is 0. The maximum atomic E-state index is 13.0. The number of carbonyl (C=O) groups excluding carboxylic acids is 1. The summed E-state index contributed by atoms with van der Waals surface area (Å²) in [5.41, 5.74) is 3.81. The summed E-state index contributed by atoms with van der Waals surface area (Å²) in [5, 5.41) is 3.87. The molecule has 0 fully saturated rings. The van der Waals surface area contributed by atoms with Crippen LogP contribution in [0.3, 0.4) is 0 Å². The number of Topliss-reactive ketones (excluding diaryl/α,β-unsaturated/α-hetero) is 1. The molecule has 1 atom stereocenters. The smallest absolute Gasteiger partial charge is 0.184 e. The fourth-order valence-corrected chi connectivity index (χ4v) is 3.42. The molecule has 2 aromatic carbocycles. The second-order valence-corrected chi connectivity index (χ2v) is 6.64. The molecule has 1 unspecified atom stereocenters. The van der Waals surface area contributed by atoms with E-state index in [1.165, 1.54) is 41.2 Å². The lowest BCUT2D eigenvalue weighted by Gasteiger charge is -2.11. The minimum Gasteiger partial charge on any atom is -0.352 e. The van der Waals surface area contributed by atoms with Gasteiger partial charge in [0.1, 0.15) is 5.82 Å². The van der Waals surface area contributed by atoms with Gasteiger partial charge in [0.05, 0.1) is 16.3 Å². The Morgan fingerprint density at radius 2 is 1.87 bits per heavy atom. The zero-order chi connectivity index (χ0) is 16.6. The van der Waals surface area contributed by atoms with Crippen LogP contribution in [0.5, 0.6) is 0 Å². The Bertz CT molecular complexity index is 871. The van der Waals surface area contributed by atoms with E-state index in [9.17, 15) is 9.18 Å². The first kappa shape index (κ1) is 15.6. The lowest BCUT2D eigenvalue weighted by molar-refractivity contribution is 0.0975. The molecule has 0 amide bonds. The first-order valence-electron chi connectivity index (χ1n) is 7.39. The summed E-state index contributed by atoms with van der Waals surface area (Å²) >= 11 is 1.53. The molecule has 3 aromatic rings. The van der Waals surface area contributed by atoms with Crippen LogP contribution in [-0.4, -0.2) is 16.8 Å². The summed E-state index contributed by atoms with van der Waals surface area (Å²) in [5.74, 6) is -0.434. The van der Waals surface area contributed by atoms with Gasteiger partial charge in [0.15, 0.2) is 10.9 Å². The molecule has 1 aromatic heterocycles. The number of aromatic nitrogens is 1. The molecule has 5 heteroatoms. The number of fused-ring (bicyclic) bond motifs is 1. The Kier molecular flexibility index (Phi) is 4.13. The third-order valence-corrected chi connectivity index (χ3v) is 4.90. The van der Waals surface area contributed by atoms with Gasteiger partial charge in [0.25, 0.3) is 0 Å². The summed E-state index contributed by atoms with van der Waals surface area (Å²) in [6, 6.07) is 9.29. The van der Waals surface area contributed by atoms with Crippen molar-refractivity contribution in [1.82, 2.24) is 4.98 Å². The Morgan fingerprint density at radius 3 is 2.57 bits per heavy atom. The standard InChI is InChI=1S/C18H17FN2OS/c1-10-4-9-15-16(11(10)2)21-18(23-15)20-12(3)17(22)13-5-7-14(19)8-6-13/h4-9,12H,1-3H3,(H,20,21). The molecule has 0 radical (unpaired) electrons. The minimum atomic E-state index is -0.428. The van der Waals surface area contributed by atoms with Crippen LogP contribution in [0.1, 0.15) is 28.4 Å². The van der Waals surface area contributed by atoms with Gasteiger partial charge in [-0.2, -0.15) is 0 Å². The second kappa shape index (κ2) is 6.08. The van der Waals surface area contributed by atoms with E-state index >= 15 is 0 Å². The van der Waals surface area contributed by atoms with Gasteiger partial charge in [-0.25, -0.2) is 9.37 Å². The Morgan fingerprint density at radius 1 is 1.17 bits per heavy atom. The highest BCUT2D eigenvalue weighted by molar-refractivity contribution is 7.22. The number of nitrogens with one attached hydrogen (secondary N) is 1. The number of hydrogen-bond donors (Lipinski definition) is 1. The number of anilines is 1. The lowest BCUT2D eigenvalue weighted by Crippen LogP contribution is -2.26. The monoisotopic (exact) mass is 328 g/mol. The highest BCUT2D eigenvalue weighted by Crippen LogP contribution is 2.30. The molecule has 0 saturated heterocycles. The number of nitrogens with zero attached hydrogens (tertiary/aromatic N) is 1. The van der Waals surface area contributed by atoms with E-state index < -0.39 is 6.04 Å². The van der Waals surface area contributed by atoms with Crippen LogP contribution in [0, 0.1) is 19.7 Å². The van der Waals surface area contributed by atoms with Gasteiger partial charge in [-0.15, -0.1) is 0 Å². The first-order chi connectivity index (χ1) is 11.0. The molecule has 0 saturated carbocycles. The molecule has 0 aliphatic heterocycles. The zero-order valence-corrected chi connectivity index (χ0v) is 14.0. The molecule has 23 heavy (non-hydrogen) atoms. The number of halogens is 1. The topological polar surface area (TPSA) is 42.0 Å². The first-order valence-corrected chi connectivity index (χ1v) is 8.20. The van der Waals surface area contributed by atoms with Crippen molar-refractivity contribution in [3.63, 3.8) is 0 Å². The number of ketones is 1. The number of carbonyl (C=O) groups is 1. The molecule has 0 aliphatic carbocycles. The van der Waals surface area contributed by atoms with Crippen LogP contribution in [-0.2, 0) is 0 Å². The summed E-state index contributed by atoms with van der Waals surface area (Å²) < 4.78 is 14.0.